The first-order valence-corrected chi connectivity index (χ1v) is 7.41. The fourth-order valence-corrected chi connectivity index (χ4v) is 2.12. The first kappa shape index (κ1) is 23.7. The number of rotatable bonds is 7. The Labute approximate surface area is 164 Å². The van der Waals surface area contributed by atoms with Gasteiger partial charge in [-0.25, -0.2) is 10.8 Å². The van der Waals surface area contributed by atoms with E-state index < -0.39 is 6.17 Å². The van der Waals surface area contributed by atoms with Crippen molar-refractivity contribution in [2.75, 3.05) is 5.32 Å². The molecule has 26 heavy (non-hydrogen) atoms. The number of nitrogens with zero attached hydrogens (tertiary/aromatic N) is 3. The number of carbonyl (C=O) groups is 2. The van der Waals surface area contributed by atoms with Gasteiger partial charge in [0.1, 0.15) is 6.17 Å². The molecule has 1 aromatic heterocycles. The first-order valence-electron chi connectivity index (χ1n) is 7.41. The summed E-state index contributed by atoms with van der Waals surface area (Å²) < 4.78 is 0. The van der Waals surface area contributed by atoms with Crippen molar-refractivity contribution in [1.29, 1.82) is 0 Å². The van der Waals surface area contributed by atoms with Gasteiger partial charge in [0.2, 0.25) is 12.3 Å². The zero-order valence-corrected chi connectivity index (χ0v) is 15.8. The van der Waals surface area contributed by atoms with Gasteiger partial charge in [0, 0.05) is 6.92 Å². The van der Waals surface area contributed by atoms with E-state index in [1.807, 2.05) is 24.3 Å². The standard InChI is InChI=1S/C16H20N6O2.2ClH/c1-11(24)21-15-9-19-14(8-20-15)7-4-12-2-5-13(6-3-12)16(17)22(18)10-23;;/h2-3,5-6,8-10,16H,4,7,17-18H2,1H3,(H,20,21,24);2*1H. The van der Waals surface area contributed by atoms with E-state index in [9.17, 15) is 9.59 Å². The second-order valence-electron chi connectivity index (χ2n) is 5.31. The van der Waals surface area contributed by atoms with Crippen LogP contribution in [0.3, 0.4) is 0 Å². The molecule has 0 saturated carbocycles. The van der Waals surface area contributed by atoms with Crippen LogP contribution in [0.4, 0.5) is 5.82 Å². The first-order chi connectivity index (χ1) is 11.5. The van der Waals surface area contributed by atoms with Gasteiger partial charge in [0.25, 0.3) is 0 Å². The van der Waals surface area contributed by atoms with Gasteiger partial charge in [-0.2, -0.15) is 0 Å². The third kappa shape index (κ3) is 6.93. The lowest BCUT2D eigenvalue weighted by Gasteiger charge is -2.19. The van der Waals surface area contributed by atoms with E-state index in [1.54, 1.807) is 6.20 Å². The number of hydrogen-bond donors (Lipinski definition) is 3. The molecule has 0 aliphatic carbocycles. The maximum Gasteiger partial charge on any atom is 0.225 e. The van der Waals surface area contributed by atoms with Crippen LogP contribution in [0.25, 0.3) is 0 Å². The highest BCUT2D eigenvalue weighted by molar-refractivity contribution is 5.87. The van der Waals surface area contributed by atoms with Crippen LogP contribution in [0.1, 0.15) is 29.9 Å². The molecule has 0 fully saturated rings. The molecule has 142 valence electrons. The molecule has 0 spiro atoms. The highest BCUT2D eigenvalue weighted by Gasteiger charge is 2.10. The fourth-order valence-electron chi connectivity index (χ4n) is 2.12. The van der Waals surface area contributed by atoms with Crippen LogP contribution in [0.15, 0.2) is 36.7 Å². The summed E-state index contributed by atoms with van der Waals surface area (Å²) in [6.07, 6.45) is 4.51. The summed E-state index contributed by atoms with van der Waals surface area (Å²) >= 11 is 0. The molecule has 0 aliphatic heterocycles. The van der Waals surface area contributed by atoms with Crippen LogP contribution in [-0.4, -0.2) is 27.3 Å². The van der Waals surface area contributed by atoms with Gasteiger partial charge in [0.15, 0.2) is 5.82 Å². The molecular formula is C16H22Cl2N6O2. The molecule has 1 atom stereocenters. The largest absolute Gasteiger partial charge is 0.310 e. The zero-order chi connectivity index (χ0) is 17.5. The van der Waals surface area contributed by atoms with Crippen molar-refractivity contribution in [3.05, 3.63) is 53.5 Å². The lowest BCUT2D eigenvalue weighted by molar-refractivity contribution is -0.120. The van der Waals surface area contributed by atoms with Gasteiger partial charge in [-0.15, -0.1) is 24.8 Å². The normalized spacial score (nSPS) is 10.7. The third-order valence-corrected chi connectivity index (χ3v) is 3.44. The molecule has 1 unspecified atom stereocenters. The van der Waals surface area contributed by atoms with E-state index in [4.69, 9.17) is 11.6 Å². The predicted molar refractivity (Wildman–Crippen MR) is 104 cm³/mol. The molecule has 2 rings (SSSR count). The average molecular weight is 401 g/mol. The Balaban J connectivity index is 0.00000312. The van der Waals surface area contributed by atoms with E-state index in [-0.39, 0.29) is 30.7 Å². The molecule has 0 bridgehead atoms. The number of halogens is 2. The Bertz CT molecular complexity index is 697. The number of hydrogen-bond acceptors (Lipinski definition) is 6. The Hall–Kier alpha value is -2.26. The number of nitrogens with one attached hydrogen (secondary N) is 1. The van der Waals surface area contributed by atoms with Crippen molar-refractivity contribution in [2.45, 2.75) is 25.9 Å². The fraction of sp³-hybridized carbons (Fsp3) is 0.250. The summed E-state index contributed by atoms with van der Waals surface area (Å²) in [7, 11) is 0. The molecule has 1 aromatic carbocycles. The minimum Gasteiger partial charge on any atom is -0.310 e. The monoisotopic (exact) mass is 400 g/mol. The summed E-state index contributed by atoms with van der Waals surface area (Å²) in [5.41, 5.74) is 8.53. The number of carbonyl (C=O) groups excluding carboxylic acids is 2. The van der Waals surface area contributed by atoms with Crippen molar-refractivity contribution in [1.82, 2.24) is 15.0 Å². The van der Waals surface area contributed by atoms with Crippen LogP contribution in [-0.2, 0) is 22.4 Å². The molecule has 5 N–H and O–H groups in total. The molecule has 10 heteroatoms. The molecular weight excluding hydrogens is 379 g/mol. The van der Waals surface area contributed by atoms with E-state index in [2.05, 4.69) is 15.3 Å². The number of nitrogens with two attached hydrogens (primary N) is 2. The number of aryl methyl sites for hydroxylation is 2. The van der Waals surface area contributed by atoms with Crippen molar-refractivity contribution < 1.29 is 9.59 Å². The van der Waals surface area contributed by atoms with Crippen molar-refractivity contribution in [3.8, 4) is 0 Å². The molecule has 1 heterocycles. The quantitative estimate of drug-likeness (QED) is 0.211. The Kier molecular flexibility index (Phi) is 10.4. The summed E-state index contributed by atoms with van der Waals surface area (Å²) in [6.45, 7) is 1.42. The highest BCUT2D eigenvalue weighted by Crippen LogP contribution is 2.14. The maximum absolute atomic E-state index is 10.9. The highest BCUT2D eigenvalue weighted by atomic mass is 35.5. The van der Waals surface area contributed by atoms with Crippen LogP contribution in [0.5, 0.6) is 0 Å². The maximum atomic E-state index is 10.9. The smallest absolute Gasteiger partial charge is 0.225 e. The van der Waals surface area contributed by atoms with Crippen molar-refractivity contribution in [2.24, 2.45) is 11.6 Å². The van der Waals surface area contributed by atoms with E-state index in [0.29, 0.717) is 12.2 Å². The van der Waals surface area contributed by atoms with Crippen LogP contribution in [0, 0.1) is 0 Å². The summed E-state index contributed by atoms with van der Waals surface area (Å²) in [6, 6.07) is 7.56. The van der Waals surface area contributed by atoms with E-state index >= 15 is 0 Å². The number of amides is 2. The van der Waals surface area contributed by atoms with Crippen LogP contribution in [0.2, 0.25) is 0 Å². The minimum atomic E-state index is -0.663. The second kappa shape index (κ2) is 11.4. The number of aromatic nitrogens is 2. The topological polar surface area (TPSA) is 127 Å². The number of hydrazine groups is 1. The van der Waals surface area contributed by atoms with E-state index in [0.717, 1.165) is 34.7 Å². The number of anilines is 1. The van der Waals surface area contributed by atoms with Gasteiger partial charge < -0.3 is 11.1 Å². The van der Waals surface area contributed by atoms with Crippen molar-refractivity contribution >= 4 is 42.9 Å². The zero-order valence-electron chi connectivity index (χ0n) is 14.2. The molecule has 2 aromatic rings. The average Bonchev–Trinajstić information content (AvgIpc) is 2.60. The van der Waals surface area contributed by atoms with E-state index in [1.165, 1.54) is 13.1 Å². The Morgan fingerprint density at radius 2 is 1.85 bits per heavy atom. The summed E-state index contributed by atoms with van der Waals surface area (Å²) in [4.78, 5) is 29.9. The van der Waals surface area contributed by atoms with Gasteiger partial charge in [0.05, 0.1) is 18.1 Å². The Morgan fingerprint density at radius 3 is 2.35 bits per heavy atom. The van der Waals surface area contributed by atoms with Gasteiger partial charge in [-0.1, -0.05) is 24.3 Å². The van der Waals surface area contributed by atoms with Gasteiger partial charge in [-0.3, -0.25) is 19.6 Å². The van der Waals surface area contributed by atoms with Gasteiger partial charge >= 0.3 is 0 Å². The molecule has 8 nitrogen and oxygen atoms in total. The predicted octanol–water partition coefficient (Wildman–Crippen LogP) is 1.35. The Morgan fingerprint density at radius 1 is 1.19 bits per heavy atom. The molecule has 2 amide bonds. The lowest BCUT2D eigenvalue weighted by atomic mass is 10.0. The van der Waals surface area contributed by atoms with Crippen molar-refractivity contribution in [3.63, 3.8) is 0 Å². The minimum absolute atomic E-state index is 0. The van der Waals surface area contributed by atoms with Crippen LogP contribution < -0.4 is 16.9 Å². The molecule has 0 saturated heterocycles. The lowest BCUT2D eigenvalue weighted by Crippen LogP contribution is -2.38. The van der Waals surface area contributed by atoms with Crippen LogP contribution >= 0.6 is 24.8 Å². The van der Waals surface area contributed by atoms with Gasteiger partial charge in [-0.05, 0) is 24.0 Å². The molecule has 0 radical (unpaired) electrons. The SMILES string of the molecule is CC(=O)Nc1cnc(CCc2ccc(C(N)N(N)C=O)cc2)cn1.Cl.Cl. The second-order valence-corrected chi connectivity index (χ2v) is 5.31. The summed E-state index contributed by atoms with van der Waals surface area (Å²) in [5.74, 6) is 5.72. The summed E-state index contributed by atoms with van der Waals surface area (Å²) in [5, 5.41) is 3.49. The molecule has 0 aliphatic rings. The third-order valence-electron chi connectivity index (χ3n) is 3.44. The number of benzene rings is 1.